The number of ether oxygens (including phenoxy) is 1. The molecule has 1 N–H and O–H groups in total. The van der Waals surface area contributed by atoms with Crippen LogP contribution in [-0.4, -0.2) is 24.4 Å². The minimum atomic E-state index is -0.205. The van der Waals surface area contributed by atoms with E-state index in [1.807, 2.05) is 0 Å². The van der Waals surface area contributed by atoms with Crippen molar-refractivity contribution in [3.05, 3.63) is 0 Å². The molecule has 1 fully saturated rings. The molecule has 1 unspecified atom stereocenters. The van der Waals surface area contributed by atoms with Crippen molar-refractivity contribution in [1.29, 1.82) is 0 Å². The van der Waals surface area contributed by atoms with Gasteiger partial charge in [-0.3, -0.25) is 0 Å². The second-order valence-electron chi connectivity index (χ2n) is 2.60. The average molecular weight is 130 g/mol. The highest BCUT2D eigenvalue weighted by atomic mass is 16.5. The van der Waals surface area contributed by atoms with E-state index in [0.29, 0.717) is 12.5 Å². The lowest BCUT2D eigenvalue weighted by molar-refractivity contribution is -0.0446. The summed E-state index contributed by atoms with van der Waals surface area (Å²) >= 11 is 0. The fourth-order valence-corrected chi connectivity index (χ4v) is 1.24. The van der Waals surface area contributed by atoms with Gasteiger partial charge in [-0.2, -0.15) is 0 Å². The lowest BCUT2D eigenvalue weighted by Gasteiger charge is -2.26. The predicted molar refractivity (Wildman–Crippen MR) is 35.2 cm³/mol. The maximum Gasteiger partial charge on any atom is 0.0802 e. The predicted octanol–water partition coefficient (Wildman–Crippen LogP) is 0.794. The first kappa shape index (κ1) is 7.03. The van der Waals surface area contributed by atoms with E-state index in [0.717, 1.165) is 19.4 Å². The van der Waals surface area contributed by atoms with Gasteiger partial charge in [0.25, 0.3) is 0 Å². The Bertz CT molecular complexity index is 83.0. The van der Waals surface area contributed by atoms with E-state index in [2.05, 4.69) is 6.92 Å². The molecular weight excluding hydrogens is 116 g/mol. The van der Waals surface area contributed by atoms with Crippen LogP contribution in [0.2, 0.25) is 0 Å². The monoisotopic (exact) mass is 130 g/mol. The Morgan fingerprint density at radius 2 is 2.44 bits per heavy atom. The first-order valence-electron chi connectivity index (χ1n) is 3.60. The van der Waals surface area contributed by atoms with Crippen LogP contribution >= 0.6 is 0 Å². The van der Waals surface area contributed by atoms with E-state index < -0.39 is 0 Å². The molecule has 0 spiro atoms. The van der Waals surface area contributed by atoms with Crippen LogP contribution in [0.4, 0.5) is 0 Å². The van der Waals surface area contributed by atoms with E-state index in [-0.39, 0.29) is 6.10 Å². The van der Waals surface area contributed by atoms with Gasteiger partial charge in [-0.25, -0.2) is 0 Å². The van der Waals surface area contributed by atoms with Gasteiger partial charge in [0, 0.05) is 6.61 Å². The van der Waals surface area contributed by atoms with Gasteiger partial charge in [0.2, 0.25) is 0 Å². The van der Waals surface area contributed by atoms with Gasteiger partial charge in [-0.05, 0) is 12.3 Å². The molecule has 0 aromatic carbocycles. The van der Waals surface area contributed by atoms with Crippen LogP contribution < -0.4 is 0 Å². The molecule has 1 saturated heterocycles. The van der Waals surface area contributed by atoms with Crippen molar-refractivity contribution in [1.82, 2.24) is 0 Å². The summed E-state index contributed by atoms with van der Waals surface area (Å²) < 4.78 is 5.06. The van der Waals surface area contributed by atoms with Gasteiger partial charge in [0.15, 0.2) is 0 Å². The van der Waals surface area contributed by atoms with Crippen molar-refractivity contribution in [2.75, 3.05) is 13.2 Å². The van der Waals surface area contributed by atoms with E-state index in [9.17, 15) is 5.11 Å². The zero-order valence-electron chi connectivity index (χ0n) is 5.84. The highest BCUT2D eigenvalue weighted by Gasteiger charge is 2.21. The topological polar surface area (TPSA) is 29.5 Å². The number of aliphatic hydroxyl groups is 1. The molecule has 2 nitrogen and oxygen atoms in total. The van der Waals surface area contributed by atoms with Crippen molar-refractivity contribution in [3.63, 3.8) is 0 Å². The molecule has 0 aliphatic carbocycles. The molecule has 2 heteroatoms. The first-order chi connectivity index (χ1) is 4.34. The van der Waals surface area contributed by atoms with Crippen molar-refractivity contribution in [2.24, 2.45) is 5.92 Å². The second kappa shape index (κ2) is 3.18. The Balaban J connectivity index is 2.30. The third-order valence-corrected chi connectivity index (χ3v) is 1.99. The van der Waals surface area contributed by atoms with Crippen LogP contribution in [0.3, 0.4) is 0 Å². The smallest absolute Gasteiger partial charge is 0.0802 e. The third-order valence-electron chi connectivity index (χ3n) is 1.99. The highest BCUT2D eigenvalue weighted by Crippen LogP contribution is 2.17. The minimum Gasteiger partial charge on any atom is -0.390 e. The molecule has 2 atom stereocenters. The molecule has 1 aliphatic heterocycles. The quantitative estimate of drug-likeness (QED) is 0.568. The molecule has 1 heterocycles. The molecule has 0 amide bonds. The molecule has 9 heavy (non-hydrogen) atoms. The summed E-state index contributed by atoms with van der Waals surface area (Å²) in [6.07, 6.45) is 1.89. The molecule has 0 saturated carbocycles. The normalized spacial score (nSPS) is 36.7. The van der Waals surface area contributed by atoms with E-state index in [4.69, 9.17) is 4.74 Å². The summed E-state index contributed by atoms with van der Waals surface area (Å²) in [7, 11) is 0. The first-order valence-corrected chi connectivity index (χ1v) is 3.60. The van der Waals surface area contributed by atoms with Gasteiger partial charge in [-0.15, -0.1) is 0 Å². The zero-order chi connectivity index (χ0) is 6.69. The lowest BCUT2D eigenvalue weighted by Crippen LogP contribution is -2.31. The Labute approximate surface area is 55.8 Å². The largest absolute Gasteiger partial charge is 0.390 e. The molecule has 0 radical (unpaired) electrons. The van der Waals surface area contributed by atoms with Gasteiger partial charge >= 0.3 is 0 Å². The van der Waals surface area contributed by atoms with Crippen LogP contribution in [0.15, 0.2) is 0 Å². The van der Waals surface area contributed by atoms with E-state index in [1.54, 1.807) is 0 Å². The molecule has 0 aromatic heterocycles. The lowest BCUT2D eigenvalue weighted by atomic mass is 9.95. The second-order valence-corrected chi connectivity index (χ2v) is 2.60. The Morgan fingerprint density at radius 1 is 1.67 bits per heavy atom. The fourth-order valence-electron chi connectivity index (χ4n) is 1.24. The minimum absolute atomic E-state index is 0.205. The van der Waals surface area contributed by atoms with Crippen molar-refractivity contribution in [2.45, 2.75) is 25.9 Å². The number of rotatable bonds is 1. The Kier molecular flexibility index (Phi) is 2.49. The standard InChI is InChI=1S/C7H14O2/c1-2-6-3-4-9-5-7(6)8/h6-8H,2-5H2,1H3/t6?,7-/m0/s1. The highest BCUT2D eigenvalue weighted by molar-refractivity contribution is 4.70. The summed E-state index contributed by atoms with van der Waals surface area (Å²) in [5, 5.41) is 9.24. The molecular formula is C7H14O2. The number of hydrogen-bond donors (Lipinski definition) is 1. The van der Waals surface area contributed by atoms with Crippen LogP contribution in [0.25, 0.3) is 0 Å². The molecule has 54 valence electrons. The molecule has 0 aromatic rings. The Morgan fingerprint density at radius 3 is 2.89 bits per heavy atom. The Hall–Kier alpha value is -0.0800. The van der Waals surface area contributed by atoms with Crippen LogP contribution in [0.5, 0.6) is 0 Å². The van der Waals surface area contributed by atoms with Gasteiger partial charge in [-0.1, -0.05) is 13.3 Å². The van der Waals surface area contributed by atoms with Gasteiger partial charge in [0.05, 0.1) is 12.7 Å². The molecule has 1 aliphatic rings. The van der Waals surface area contributed by atoms with E-state index >= 15 is 0 Å². The SMILES string of the molecule is CCC1CCOC[C@@H]1O. The van der Waals surface area contributed by atoms with Crippen LogP contribution in [-0.2, 0) is 4.74 Å². The van der Waals surface area contributed by atoms with Crippen LogP contribution in [0, 0.1) is 5.92 Å². The summed E-state index contributed by atoms with van der Waals surface area (Å²) in [5.41, 5.74) is 0. The fraction of sp³-hybridized carbons (Fsp3) is 1.00. The van der Waals surface area contributed by atoms with Crippen molar-refractivity contribution >= 4 is 0 Å². The third kappa shape index (κ3) is 1.66. The number of aliphatic hydroxyl groups excluding tert-OH is 1. The summed E-state index contributed by atoms with van der Waals surface area (Å²) in [6.45, 7) is 3.48. The summed E-state index contributed by atoms with van der Waals surface area (Å²) in [6, 6.07) is 0. The van der Waals surface area contributed by atoms with Crippen LogP contribution in [0.1, 0.15) is 19.8 Å². The zero-order valence-corrected chi connectivity index (χ0v) is 5.84. The molecule has 0 bridgehead atoms. The van der Waals surface area contributed by atoms with Gasteiger partial charge < -0.3 is 9.84 Å². The molecule has 1 rings (SSSR count). The number of hydrogen-bond acceptors (Lipinski definition) is 2. The van der Waals surface area contributed by atoms with Gasteiger partial charge in [0.1, 0.15) is 0 Å². The average Bonchev–Trinajstić information content (AvgIpc) is 1.89. The van der Waals surface area contributed by atoms with E-state index in [1.165, 1.54) is 0 Å². The maximum absolute atomic E-state index is 9.24. The summed E-state index contributed by atoms with van der Waals surface area (Å²) in [4.78, 5) is 0. The van der Waals surface area contributed by atoms with Crippen molar-refractivity contribution in [3.8, 4) is 0 Å². The summed E-state index contributed by atoms with van der Waals surface area (Å²) in [5.74, 6) is 0.485. The van der Waals surface area contributed by atoms with Crippen molar-refractivity contribution < 1.29 is 9.84 Å². The maximum atomic E-state index is 9.24.